The largest absolute Gasteiger partial charge is 0.377 e. The van der Waals surface area contributed by atoms with Crippen molar-refractivity contribution in [2.45, 2.75) is 59.2 Å². The molecule has 0 aliphatic carbocycles. The molecule has 1 fully saturated rings. The maximum Gasteiger partial charge on any atom is 0.0700 e. The van der Waals surface area contributed by atoms with Crippen LogP contribution in [0.2, 0.25) is 0 Å². The Morgan fingerprint density at radius 2 is 1.83 bits per heavy atom. The second-order valence-corrected chi connectivity index (χ2v) is 5.67. The minimum atomic E-state index is 0.332. The van der Waals surface area contributed by atoms with Gasteiger partial charge in [-0.1, -0.05) is 17.7 Å². The zero-order valence-electron chi connectivity index (χ0n) is 12.2. The van der Waals surface area contributed by atoms with Gasteiger partial charge in [0, 0.05) is 18.7 Å². The van der Waals surface area contributed by atoms with Gasteiger partial charge in [0.25, 0.3) is 0 Å². The molecule has 1 aromatic carbocycles. The molecule has 0 aromatic heterocycles. The zero-order valence-corrected chi connectivity index (χ0v) is 12.2. The normalized spacial score (nSPS) is 25.4. The van der Waals surface area contributed by atoms with E-state index in [1.54, 1.807) is 0 Å². The first-order valence-corrected chi connectivity index (χ1v) is 6.94. The molecule has 1 N–H and O–H groups in total. The Hall–Kier alpha value is -0.860. The highest BCUT2D eigenvalue weighted by Crippen LogP contribution is 2.25. The van der Waals surface area contributed by atoms with Crippen molar-refractivity contribution in [1.82, 2.24) is 5.32 Å². The van der Waals surface area contributed by atoms with E-state index in [0.29, 0.717) is 18.2 Å². The maximum absolute atomic E-state index is 5.62. The Morgan fingerprint density at radius 1 is 1.22 bits per heavy atom. The fourth-order valence-corrected chi connectivity index (χ4v) is 3.23. The van der Waals surface area contributed by atoms with E-state index >= 15 is 0 Å². The first kappa shape index (κ1) is 13.6. The van der Waals surface area contributed by atoms with Crippen LogP contribution in [-0.4, -0.2) is 18.8 Å². The summed E-state index contributed by atoms with van der Waals surface area (Å²) in [5.41, 5.74) is 5.57. The van der Waals surface area contributed by atoms with Crippen LogP contribution in [0.15, 0.2) is 12.1 Å². The van der Waals surface area contributed by atoms with Gasteiger partial charge in [-0.3, -0.25) is 0 Å². The summed E-state index contributed by atoms with van der Waals surface area (Å²) in [5.74, 6) is 0. The Kier molecular flexibility index (Phi) is 4.08. The van der Waals surface area contributed by atoms with E-state index in [1.807, 2.05) is 0 Å². The van der Waals surface area contributed by atoms with Gasteiger partial charge in [-0.05, 0) is 57.7 Å². The highest BCUT2D eigenvalue weighted by molar-refractivity contribution is 5.39. The molecule has 0 bridgehead atoms. The molecule has 0 spiro atoms. The highest BCUT2D eigenvalue weighted by Gasteiger charge is 2.26. The van der Waals surface area contributed by atoms with E-state index in [-0.39, 0.29) is 0 Å². The first-order valence-electron chi connectivity index (χ1n) is 6.94. The van der Waals surface area contributed by atoms with Crippen molar-refractivity contribution in [2.24, 2.45) is 0 Å². The van der Waals surface area contributed by atoms with Gasteiger partial charge in [0.2, 0.25) is 0 Å². The minimum absolute atomic E-state index is 0.332. The summed E-state index contributed by atoms with van der Waals surface area (Å²) in [5, 5.41) is 3.72. The molecule has 0 saturated carbocycles. The first-order chi connectivity index (χ1) is 8.49. The Labute approximate surface area is 111 Å². The smallest absolute Gasteiger partial charge is 0.0700 e. The van der Waals surface area contributed by atoms with E-state index in [1.165, 1.54) is 22.3 Å². The molecule has 18 heavy (non-hydrogen) atoms. The monoisotopic (exact) mass is 247 g/mol. The van der Waals surface area contributed by atoms with Crippen molar-refractivity contribution in [2.75, 3.05) is 6.61 Å². The summed E-state index contributed by atoms with van der Waals surface area (Å²) in [4.78, 5) is 0. The molecule has 3 atom stereocenters. The van der Waals surface area contributed by atoms with Crippen molar-refractivity contribution in [1.29, 1.82) is 0 Å². The van der Waals surface area contributed by atoms with Gasteiger partial charge in [0.1, 0.15) is 0 Å². The van der Waals surface area contributed by atoms with E-state index in [4.69, 9.17) is 4.74 Å². The lowest BCUT2D eigenvalue weighted by Gasteiger charge is -2.25. The number of hydrogen-bond donors (Lipinski definition) is 1. The summed E-state index contributed by atoms with van der Waals surface area (Å²) < 4.78 is 5.62. The highest BCUT2D eigenvalue weighted by atomic mass is 16.5. The topological polar surface area (TPSA) is 21.3 Å². The summed E-state index contributed by atoms with van der Waals surface area (Å²) in [6.45, 7) is 11.9. The SMILES string of the molecule is Cc1cc(C)c(C(C)NC2CCOC2C)c(C)c1. The number of nitrogens with one attached hydrogen (secondary N) is 1. The van der Waals surface area contributed by atoms with Crippen molar-refractivity contribution < 1.29 is 4.74 Å². The predicted molar refractivity (Wildman–Crippen MR) is 76.0 cm³/mol. The van der Waals surface area contributed by atoms with Gasteiger partial charge >= 0.3 is 0 Å². The maximum atomic E-state index is 5.62. The van der Waals surface area contributed by atoms with Gasteiger partial charge < -0.3 is 10.1 Å². The minimum Gasteiger partial charge on any atom is -0.377 e. The average Bonchev–Trinajstić information content (AvgIpc) is 2.62. The van der Waals surface area contributed by atoms with Gasteiger partial charge in [-0.2, -0.15) is 0 Å². The van der Waals surface area contributed by atoms with Gasteiger partial charge in [0.05, 0.1) is 6.10 Å². The van der Waals surface area contributed by atoms with Crippen LogP contribution in [0, 0.1) is 20.8 Å². The number of aryl methyl sites for hydroxylation is 3. The molecular formula is C16H25NO. The van der Waals surface area contributed by atoms with E-state index in [2.05, 4.69) is 52.1 Å². The average molecular weight is 247 g/mol. The molecule has 0 amide bonds. The Balaban J connectivity index is 2.16. The molecule has 0 radical (unpaired) electrons. The molecular weight excluding hydrogens is 222 g/mol. The van der Waals surface area contributed by atoms with Gasteiger partial charge in [-0.25, -0.2) is 0 Å². The summed E-state index contributed by atoms with van der Waals surface area (Å²) in [6, 6.07) is 5.42. The fraction of sp³-hybridized carbons (Fsp3) is 0.625. The summed E-state index contributed by atoms with van der Waals surface area (Å²) in [6.07, 6.45) is 1.45. The van der Waals surface area contributed by atoms with Crippen LogP contribution in [0.5, 0.6) is 0 Å². The molecule has 100 valence electrons. The van der Waals surface area contributed by atoms with Crippen LogP contribution in [0.1, 0.15) is 48.6 Å². The second-order valence-electron chi connectivity index (χ2n) is 5.67. The quantitative estimate of drug-likeness (QED) is 0.883. The van der Waals surface area contributed by atoms with E-state index in [9.17, 15) is 0 Å². The molecule has 1 saturated heterocycles. The van der Waals surface area contributed by atoms with Crippen molar-refractivity contribution in [3.63, 3.8) is 0 Å². The molecule has 1 aliphatic heterocycles. The van der Waals surface area contributed by atoms with Crippen LogP contribution in [-0.2, 0) is 4.74 Å². The Bertz CT molecular complexity index is 404. The van der Waals surface area contributed by atoms with Crippen LogP contribution in [0.3, 0.4) is 0 Å². The summed E-state index contributed by atoms with van der Waals surface area (Å²) in [7, 11) is 0. The van der Waals surface area contributed by atoms with Crippen LogP contribution < -0.4 is 5.32 Å². The lowest BCUT2D eigenvalue weighted by Crippen LogP contribution is -2.36. The molecule has 3 unspecified atom stereocenters. The number of rotatable bonds is 3. The third-order valence-corrected chi connectivity index (χ3v) is 4.01. The molecule has 2 rings (SSSR count). The number of benzene rings is 1. The zero-order chi connectivity index (χ0) is 13.3. The van der Waals surface area contributed by atoms with Crippen molar-refractivity contribution >= 4 is 0 Å². The third-order valence-electron chi connectivity index (χ3n) is 4.01. The van der Waals surface area contributed by atoms with E-state index in [0.717, 1.165) is 13.0 Å². The number of ether oxygens (including phenoxy) is 1. The van der Waals surface area contributed by atoms with Crippen molar-refractivity contribution in [3.05, 3.63) is 34.4 Å². The molecule has 1 heterocycles. The molecule has 2 heteroatoms. The lowest BCUT2D eigenvalue weighted by molar-refractivity contribution is 0.111. The van der Waals surface area contributed by atoms with Crippen LogP contribution >= 0.6 is 0 Å². The second kappa shape index (κ2) is 5.41. The van der Waals surface area contributed by atoms with E-state index < -0.39 is 0 Å². The molecule has 2 nitrogen and oxygen atoms in total. The van der Waals surface area contributed by atoms with Gasteiger partial charge in [-0.15, -0.1) is 0 Å². The van der Waals surface area contributed by atoms with Crippen molar-refractivity contribution in [3.8, 4) is 0 Å². The fourth-order valence-electron chi connectivity index (χ4n) is 3.23. The lowest BCUT2D eigenvalue weighted by atomic mass is 9.94. The Morgan fingerprint density at radius 3 is 2.33 bits per heavy atom. The molecule has 1 aromatic rings. The predicted octanol–water partition coefficient (Wildman–Crippen LogP) is 3.44. The standard InChI is InChI=1S/C16H25NO/c1-10-8-11(2)16(12(3)9-10)13(4)17-15-6-7-18-14(15)5/h8-9,13-15,17H,6-7H2,1-5H3. The third kappa shape index (κ3) is 2.76. The van der Waals surface area contributed by atoms with Crippen LogP contribution in [0.4, 0.5) is 0 Å². The number of hydrogen-bond acceptors (Lipinski definition) is 2. The van der Waals surface area contributed by atoms with Gasteiger partial charge in [0.15, 0.2) is 0 Å². The van der Waals surface area contributed by atoms with Crippen LogP contribution in [0.25, 0.3) is 0 Å². The molecule has 1 aliphatic rings. The summed E-state index contributed by atoms with van der Waals surface area (Å²) >= 11 is 0.